The van der Waals surface area contributed by atoms with Crippen LogP contribution in [0.4, 0.5) is 0 Å². The summed E-state index contributed by atoms with van der Waals surface area (Å²) in [7, 11) is 5.14. The van der Waals surface area contributed by atoms with Gasteiger partial charge in [-0.3, -0.25) is 4.79 Å². The summed E-state index contributed by atoms with van der Waals surface area (Å²) >= 11 is 0. The van der Waals surface area contributed by atoms with E-state index in [0.717, 1.165) is 33.6 Å². The predicted octanol–water partition coefficient (Wildman–Crippen LogP) is 4.67. The lowest BCUT2D eigenvalue weighted by molar-refractivity contribution is -0.130. The highest BCUT2D eigenvalue weighted by molar-refractivity contribution is 5.84. The van der Waals surface area contributed by atoms with E-state index in [9.17, 15) is 4.79 Å². The normalized spacial score (nSPS) is 10.6. The molecule has 0 aliphatic carbocycles. The van der Waals surface area contributed by atoms with Crippen molar-refractivity contribution in [1.29, 1.82) is 0 Å². The summed E-state index contributed by atoms with van der Waals surface area (Å²) in [6.07, 6.45) is 1.13. The third kappa shape index (κ3) is 5.64. The molecule has 0 unspecified atom stereocenters. The Morgan fingerprint density at radius 1 is 0.828 bits per heavy atom. The molecular weight excluding hydrogens is 366 g/mol. The summed E-state index contributed by atoms with van der Waals surface area (Å²) < 4.78 is 16.1. The molecule has 3 rings (SSSR count). The third-order valence-electron chi connectivity index (χ3n) is 4.82. The summed E-state index contributed by atoms with van der Waals surface area (Å²) in [6, 6.07) is 19.7. The molecule has 5 nitrogen and oxygen atoms in total. The van der Waals surface area contributed by atoms with Crippen molar-refractivity contribution < 1.29 is 19.0 Å². The van der Waals surface area contributed by atoms with E-state index in [4.69, 9.17) is 14.2 Å². The fraction of sp³-hybridized carbons (Fsp3) is 0.292. The van der Waals surface area contributed by atoms with Gasteiger partial charge in [-0.1, -0.05) is 18.2 Å². The van der Waals surface area contributed by atoms with Crippen LogP contribution in [0.3, 0.4) is 0 Å². The summed E-state index contributed by atoms with van der Waals surface area (Å²) in [6.45, 7) is 1.09. The molecule has 0 aliphatic rings. The van der Waals surface area contributed by atoms with Crippen LogP contribution in [-0.2, 0) is 11.3 Å². The Balaban J connectivity index is 1.46. The van der Waals surface area contributed by atoms with Gasteiger partial charge < -0.3 is 19.1 Å². The topological polar surface area (TPSA) is 48.0 Å². The lowest BCUT2D eigenvalue weighted by Gasteiger charge is -2.18. The Morgan fingerprint density at radius 2 is 1.45 bits per heavy atom. The average Bonchev–Trinajstić information content (AvgIpc) is 2.76. The first-order chi connectivity index (χ1) is 14.1. The summed E-state index contributed by atoms with van der Waals surface area (Å²) in [5.74, 6) is 2.52. The second-order valence-electron chi connectivity index (χ2n) is 6.92. The monoisotopic (exact) mass is 393 g/mol. The van der Waals surface area contributed by atoms with Crippen molar-refractivity contribution in [3.8, 4) is 17.2 Å². The summed E-state index contributed by atoms with van der Waals surface area (Å²) in [5.41, 5.74) is 1.10. The van der Waals surface area contributed by atoms with Crippen molar-refractivity contribution in [3.63, 3.8) is 0 Å². The van der Waals surface area contributed by atoms with Gasteiger partial charge in [0.15, 0.2) is 0 Å². The standard InChI is InChI=1S/C24H27NO4/c1-25(17-18-6-7-20-16-23(28-3)9-8-19(20)15-18)24(26)5-4-14-29-22-12-10-21(27-2)11-13-22/h6-13,15-16H,4-5,14,17H2,1-3H3. The van der Waals surface area contributed by atoms with Crippen LogP contribution >= 0.6 is 0 Å². The largest absolute Gasteiger partial charge is 0.497 e. The van der Waals surface area contributed by atoms with Crippen LogP contribution in [0.2, 0.25) is 0 Å². The number of carbonyl (C=O) groups is 1. The van der Waals surface area contributed by atoms with Gasteiger partial charge >= 0.3 is 0 Å². The van der Waals surface area contributed by atoms with E-state index in [0.29, 0.717) is 26.0 Å². The second kappa shape index (κ2) is 9.82. The predicted molar refractivity (Wildman–Crippen MR) is 115 cm³/mol. The van der Waals surface area contributed by atoms with E-state index in [1.165, 1.54) is 0 Å². The van der Waals surface area contributed by atoms with Crippen LogP contribution in [0.5, 0.6) is 17.2 Å². The highest BCUT2D eigenvalue weighted by Crippen LogP contribution is 2.22. The first-order valence-corrected chi connectivity index (χ1v) is 9.66. The molecule has 29 heavy (non-hydrogen) atoms. The van der Waals surface area contributed by atoms with Crippen molar-refractivity contribution in [1.82, 2.24) is 4.90 Å². The average molecular weight is 393 g/mol. The number of fused-ring (bicyclic) bond motifs is 1. The van der Waals surface area contributed by atoms with Crippen molar-refractivity contribution >= 4 is 16.7 Å². The van der Waals surface area contributed by atoms with Crippen LogP contribution in [0.15, 0.2) is 60.7 Å². The molecular formula is C24H27NO4. The summed E-state index contributed by atoms with van der Waals surface area (Å²) in [4.78, 5) is 14.2. The Hall–Kier alpha value is -3.21. The summed E-state index contributed by atoms with van der Waals surface area (Å²) in [5, 5.41) is 2.26. The Bertz CT molecular complexity index is 953. The Labute approximate surface area is 171 Å². The number of benzene rings is 3. The number of methoxy groups -OCH3 is 2. The molecule has 0 fully saturated rings. The second-order valence-corrected chi connectivity index (χ2v) is 6.92. The van der Waals surface area contributed by atoms with Crippen molar-refractivity contribution in [2.75, 3.05) is 27.9 Å². The van der Waals surface area contributed by atoms with Gasteiger partial charge in [0.1, 0.15) is 17.2 Å². The zero-order valence-corrected chi connectivity index (χ0v) is 17.2. The number of hydrogen-bond donors (Lipinski definition) is 0. The molecule has 0 N–H and O–H groups in total. The number of amides is 1. The van der Waals surface area contributed by atoms with Gasteiger partial charge in [0.25, 0.3) is 0 Å². The molecule has 0 heterocycles. The molecule has 0 atom stereocenters. The first-order valence-electron chi connectivity index (χ1n) is 9.66. The maximum absolute atomic E-state index is 12.4. The van der Waals surface area contributed by atoms with Crippen LogP contribution in [0, 0.1) is 0 Å². The number of nitrogens with zero attached hydrogens (tertiary/aromatic N) is 1. The first kappa shape index (κ1) is 20.5. The number of ether oxygens (including phenoxy) is 3. The van der Waals surface area contributed by atoms with Gasteiger partial charge in [-0.05, 0) is 65.2 Å². The molecule has 0 bridgehead atoms. The number of carbonyl (C=O) groups excluding carboxylic acids is 1. The van der Waals surface area contributed by atoms with E-state index in [1.807, 2.05) is 49.5 Å². The fourth-order valence-corrected chi connectivity index (χ4v) is 3.14. The molecule has 5 heteroatoms. The van der Waals surface area contributed by atoms with Gasteiger partial charge in [-0.2, -0.15) is 0 Å². The highest BCUT2D eigenvalue weighted by Gasteiger charge is 2.10. The molecule has 3 aromatic rings. The van der Waals surface area contributed by atoms with Crippen molar-refractivity contribution in [2.45, 2.75) is 19.4 Å². The van der Waals surface area contributed by atoms with Gasteiger partial charge in [0.05, 0.1) is 20.8 Å². The minimum Gasteiger partial charge on any atom is -0.497 e. The van der Waals surface area contributed by atoms with Crippen molar-refractivity contribution in [2.24, 2.45) is 0 Å². The van der Waals surface area contributed by atoms with E-state index >= 15 is 0 Å². The molecule has 0 radical (unpaired) electrons. The van der Waals surface area contributed by atoms with Crippen LogP contribution in [-0.4, -0.2) is 38.7 Å². The zero-order valence-electron chi connectivity index (χ0n) is 17.2. The van der Waals surface area contributed by atoms with Gasteiger partial charge in [-0.25, -0.2) is 0 Å². The molecule has 0 saturated carbocycles. The maximum Gasteiger partial charge on any atom is 0.222 e. The van der Waals surface area contributed by atoms with Gasteiger partial charge in [-0.15, -0.1) is 0 Å². The van der Waals surface area contributed by atoms with Gasteiger partial charge in [0, 0.05) is 20.0 Å². The van der Waals surface area contributed by atoms with Crippen LogP contribution in [0.1, 0.15) is 18.4 Å². The van der Waals surface area contributed by atoms with E-state index < -0.39 is 0 Å². The number of rotatable bonds is 9. The minimum atomic E-state index is 0.109. The number of hydrogen-bond acceptors (Lipinski definition) is 4. The molecule has 0 spiro atoms. The SMILES string of the molecule is COc1ccc(OCCCC(=O)N(C)Cc2ccc3cc(OC)ccc3c2)cc1. The molecule has 0 aliphatic heterocycles. The van der Waals surface area contributed by atoms with Crippen LogP contribution < -0.4 is 14.2 Å². The quantitative estimate of drug-likeness (QED) is 0.496. The molecule has 1 amide bonds. The van der Waals surface area contributed by atoms with E-state index in [-0.39, 0.29) is 5.91 Å². The molecule has 0 aromatic heterocycles. The molecule has 152 valence electrons. The van der Waals surface area contributed by atoms with E-state index in [2.05, 4.69) is 18.2 Å². The Kier molecular flexibility index (Phi) is 6.95. The molecule has 0 saturated heterocycles. The zero-order chi connectivity index (χ0) is 20.6. The third-order valence-corrected chi connectivity index (χ3v) is 4.82. The van der Waals surface area contributed by atoms with Crippen LogP contribution in [0.25, 0.3) is 10.8 Å². The minimum absolute atomic E-state index is 0.109. The van der Waals surface area contributed by atoms with E-state index in [1.54, 1.807) is 19.1 Å². The lowest BCUT2D eigenvalue weighted by Crippen LogP contribution is -2.26. The smallest absolute Gasteiger partial charge is 0.222 e. The highest BCUT2D eigenvalue weighted by atomic mass is 16.5. The van der Waals surface area contributed by atoms with Crippen molar-refractivity contribution in [3.05, 3.63) is 66.2 Å². The molecule has 3 aromatic carbocycles. The fourth-order valence-electron chi connectivity index (χ4n) is 3.14. The Morgan fingerprint density at radius 3 is 2.17 bits per heavy atom. The maximum atomic E-state index is 12.4. The van der Waals surface area contributed by atoms with Gasteiger partial charge in [0.2, 0.25) is 5.91 Å². The lowest BCUT2D eigenvalue weighted by atomic mass is 10.1.